The van der Waals surface area contributed by atoms with Gasteiger partial charge in [0.05, 0.1) is 10.5 Å². The number of pyridine rings is 1. The maximum Gasteiger partial charge on any atom is 0.255 e. The Morgan fingerprint density at radius 1 is 0.933 bits per heavy atom. The smallest absolute Gasteiger partial charge is 0.255 e. The van der Waals surface area contributed by atoms with E-state index >= 15 is 0 Å². The maximum atomic E-state index is 13.1. The molecule has 30 heavy (non-hydrogen) atoms. The summed E-state index contributed by atoms with van der Waals surface area (Å²) in [4.78, 5) is 18.5. The van der Waals surface area contributed by atoms with Gasteiger partial charge in [0.1, 0.15) is 5.15 Å². The standard InChI is InChI=1S/C22H26ClN3O3S/c23-21-11-8-19(16-24-21)22(27)25-12-14-26(15-13-25)30(28,29)20-9-6-18(7-10-20)17-4-2-1-3-5-17/h6-11,16-17H,1-5,12-15H2. The quantitative estimate of drug-likeness (QED) is 0.666. The number of nitrogens with zero attached hydrogens (tertiary/aromatic N) is 3. The van der Waals surface area contributed by atoms with Crippen LogP contribution in [0.15, 0.2) is 47.5 Å². The number of amides is 1. The summed E-state index contributed by atoms with van der Waals surface area (Å²) in [5.41, 5.74) is 1.69. The molecular formula is C22H26ClN3O3S. The Balaban J connectivity index is 1.39. The summed E-state index contributed by atoms with van der Waals surface area (Å²) in [6.45, 7) is 1.25. The van der Waals surface area contributed by atoms with Gasteiger partial charge in [-0.3, -0.25) is 4.79 Å². The van der Waals surface area contributed by atoms with E-state index in [1.54, 1.807) is 29.2 Å². The first kappa shape index (κ1) is 21.3. The van der Waals surface area contributed by atoms with Gasteiger partial charge in [-0.15, -0.1) is 0 Å². The number of benzene rings is 1. The van der Waals surface area contributed by atoms with Crippen molar-refractivity contribution >= 4 is 27.5 Å². The first-order chi connectivity index (χ1) is 14.4. The molecule has 0 bridgehead atoms. The molecule has 2 heterocycles. The van der Waals surface area contributed by atoms with Gasteiger partial charge in [0.25, 0.3) is 5.91 Å². The highest BCUT2D eigenvalue weighted by Crippen LogP contribution is 2.33. The molecule has 0 spiro atoms. The summed E-state index contributed by atoms with van der Waals surface area (Å²) in [6, 6.07) is 10.6. The molecule has 160 valence electrons. The number of rotatable bonds is 4. The van der Waals surface area contributed by atoms with Gasteiger partial charge < -0.3 is 4.90 Å². The minimum absolute atomic E-state index is 0.159. The zero-order valence-electron chi connectivity index (χ0n) is 16.8. The third-order valence-corrected chi connectivity index (χ3v) is 8.23. The molecule has 1 amide bonds. The topological polar surface area (TPSA) is 70.6 Å². The Labute approximate surface area is 182 Å². The number of sulfonamides is 1. The molecule has 0 atom stereocenters. The second-order valence-corrected chi connectivity index (χ2v) is 10.3. The SMILES string of the molecule is O=C(c1ccc(Cl)nc1)N1CCN(S(=O)(=O)c2ccc(C3CCCCC3)cc2)CC1. The van der Waals surface area contributed by atoms with Crippen molar-refractivity contribution in [1.29, 1.82) is 0 Å². The van der Waals surface area contributed by atoms with Crippen LogP contribution in [0.4, 0.5) is 0 Å². The van der Waals surface area contributed by atoms with Crippen LogP contribution in [0.1, 0.15) is 53.9 Å². The highest BCUT2D eigenvalue weighted by atomic mass is 35.5. The lowest BCUT2D eigenvalue weighted by Gasteiger charge is -2.34. The van der Waals surface area contributed by atoms with Crippen LogP contribution in [0.25, 0.3) is 0 Å². The van der Waals surface area contributed by atoms with Gasteiger partial charge in [-0.25, -0.2) is 13.4 Å². The Kier molecular flexibility index (Phi) is 6.41. The van der Waals surface area contributed by atoms with Crippen molar-refractivity contribution in [2.75, 3.05) is 26.2 Å². The Morgan fingerprint density at radius 2 is 1.60 bits per heavy atom. The fraction of sp³-hybridized carbons (Fsp3) is 0.455. The largest absolute Gasteiger partial charge is 0.336 e. The van der Waals surface area contributed by atoms with Gasteiger partial charge in [0.2, 0.25) is 10.0 Å². The van der Waals surface area contributed by atoms with Crippen molar-refractivity contribution < 1.29 is 13.2 Å². The highest BCUT2D eigenvalue weighted by Gasteiger charge is 2.30. The van der Waals surface area contributed by atoms with E-state index in [2.05, 4.69) is 4.98 Å². The predicted molar refractivity (Wildman–Crippen MR) is 116 cm³/mol. The number of aromatic nitrogens is 1. The minimum atomic E-state index is -3.56. The van der Waals surface area contributed by atoms with Crippen LogP contribution in [0.5, 0.6) is 0 Å². The van der Waals surface area contributed by atoms with Gasteiger partial charge >= 0.3 is 0 Å². The van der Waals surface area contributed by atoms with Gasteiger partial charge in [-0.05, 0) is 48.6 Å². The fourth-order valence-electron chi connectivity index (χ4n) is 4.31. The number of hydrogen-bond donors (Lipinski definition) is 0. The summed E-state index contributed by atoms with van der Waals surface area (Å²) >= 11 is 5.77. The molecule has 2 aliphatic rings. The molecule has 1 aromatic carbocycles. The molecule has 0 radical (unpaired) electrons. The van der Waals surface area contributed by atoms with Crippen LogP contribution in [0.3, 0.4) is 0 Å². The fourth-order valence-corrected chi connectivity index (χ4v) is 5.85. The van der Waals surface area contributed by atoms with Crippen molar-refractivity contribution in [3.63, 3.8) is 0 Å². The molecule has 1 aliphatic carbocycles. The van der Waals surface area contributed by atoms with E-state index in [1.165, 1.54) is 48.2 Å². The lowest BCUT2D eigenvalue weighted by atomic mass is 9.84. The minimum Gasteiger partial charge on any atom is -0.336 e. The molecule has 1 saturated heterocycles. The Bertz CT molecular complexity index is 979. The van der Waals surface area contributed by atoms with E-state index in [0.29, 0.717) is 34.6 Å². The number of carbonyl (C=O) groups excluding carboxylic acids is 1. The Hall–Kier alpha value is -1.96. The molecular weight excluding hydrogens is 422 g/mol. The summed E-state index contributed by atoms with van der Waals surface area (Å²) in [6.07, 6.45) is 7.61. The summed E-state index contributed by atoms with van der Waals surface area (Å²) in [5.74, 6) is 0.389. The van der Waals surface area contributed by atoms with E-state index in [1.807, 2.05) is 12.1 Å². The maximum absolute atomic E-state index is 13.1. The van der Waals surface area contributed by atoms with Crippen molar-refractivity contribution in [3.05, 3.63) is 58.9 Å². The molecule has 1 saturated carbocycles. The first-order valence-corrected chi connectivity index (χ1v) is 12.3. The second kappa shape index (κ2) is 9.04. The normalized spacial score (nSPS) is 19.0. The average molecular weight is 448 g/mol. The van der Waals surface area contributed by atoms with E-state index in [9.17, 15) is 13.2 Å². The van der Waals surface area contributed by atoms with Crippen molar-refractivity contribution in [3.8, 4) is 0 Å². The summed E-state index contributed by atoms with van der Waals surface area (Å²) in [5, 5.41) is 0.331. The third-order valence-electron chi connectivity index (χ3n) is 6.09. The molecule has 8 heteroatoms. The van der Waals surface area contributed by atoms with Crippen LogP contribution >= 0.6 is 11.6 Å². The van der Waals surface area contributed by atoms with Crippen LogP contribution in [-0.4, -0.2) is 54.7 Å². The molecule has 1 aromatic heterocycles. The van der Waals surface area contributed by atoms with Gasteiger partial charge in [-0.2, -0.15) is 4.31 Å². The van der Waals surface area contributed by atoms with Crippen LogP contribution in [-0.2, 0) is 10.0 Å². The van der Waals surface area contributed by atoms with E-state index in [4.69, 9.17) is 11.6 Å². The number of halogens is 1. The van der Waals surface area contributed by atoms with Crippen LogP contribution in [0.2, 0.25) is 5.15 Å². The summed E-state index contributed by atoms with van der Waals surface area (Å²) < 4.78 is 27.6. The van der Waals surface area contributed by atoms with Crippen LogP contribution < -0.4 is 0 Å². The van der Waals surface area contributed by atoms with E-state index in [0.717, 1.165) is 0 Å². The number of piperazine rings is 1. The van der Waals surface area contributed by atoms with Gasteiger partial charge in [0.15, 0.2) is 0 Å². The molecule has 1 aliphatic heterocycles. The predicted octanol–water partition coefficient (Wildman–Crippen LogP) is 3.93. The summed E-state index contributed by atoms with van der Waals surface area (Å²) in [7, 11) is -3.56. The van der Waals surface area contributed by atoms with Gasteiger partial charge in [-0.1, -0.05) is 43.0 Å². The zero-order valence-corrected chi connectivity index (χ0v) is 18.4. The van der Waals surface area contributed by atoms with Gasteiger partial charge in [0, 0.05) is 32.4 Å². The Morgan fingerprint density at radius 3 is 2.20 bits per heavy atom. The molecule has 6 nitrogen and oxygen atoms in total. The highest BCUT2D eigenvalue weighted by molar-refractivity contribution is 7.89. The van der Waals surface area contributed by atoms with Crippen molar-refractivity contribution in [2.24, 2.45) is 0 Å². The number of carbonyl (C=O) groups is 1. The van der Waals surface area contributed by atoms with Crippen molar-refractivity contribution in [2.45, 2.75) is 42.9 Å². The molecule has 0 N–H and O–H groups in total. The second-order valence-electron chi connectivity index (χ2n) is 7.97. The zero-order chi connectivity index (χ0) is 21.1. The lowest BCUT2D eigenvalue weighted by molar-refractivity contribution is 0.0697. The molecule has 4 rings (SSSR count). The lowest BCUT2D eigenvalue weighted by Crippen LogP contribution is -2.50. The molecule has 0 unspecified atom stereocenters. The average Bonchev–Trinajstić information content (AvgIpc) is 2.80. The molecule has 2 aromatic rings. The van der Waals surface area contributed by atoms with E-state index < -0.39 is 10.0 Å². The van der Waals surface area contributed by atoms with Crippen LogP contribution in [0, 0.1) is 0 Å². The third kappa shape index (κ3) is 4.53. The van der Waals surface area contributed by atoms with Crippen molar-refractivity contribution in [1.82, 2.24) is 14.2 Å². The molecule has 2 fully saturated rings. The number of hydrogen-bond acceptors (Lipinski definition) is 4. The monoisotopic (exact) mass is 447 g/mol. The first-order valence-electron chi connectivity index (χ1n) is 10.5. The van der Waals surface area contributed by atoms with E-state index in [-0.39, 0.29) is 19.0 Å².